The molecule has 0 saturated carbocycles. The fourth-order valence-electron chi connectivity index (χ4n) is 3.78. The van der Waals surface area contributed by atoms with Crippen LogP contribution in [-0.2, 0) is 19.5 Å². The van der Waals surface area contributed by atoms with Crippen molar-refractivity contribution in [2.24, 2.45) is 11.8 Å². The molecule has 0 spiro atoms. The fourth-order valence-corrected chi connectivity index (χ4v) is 4.53. The molecular weight excluding hydrogens is 310 g/mol. The Morgan fingerprint density at radius 2 is 2.22 bits per heavy atom. The Hall–Kier alpha value is -1.73. The lowest BCUT2D eigenvalue weighted by Crippen LogP contribution is -2.33. The number of fused-ring (bicyclic) bond motifs is 2. The smallest absolute Gasteiger partial charge is 0.289 e. The van der Waals surface area contributed by atoms with Crippen molar-refractivity contribution in [2.45, 2.75) is 26.4 Å². The highest BCUT2D eigenvalue weighted by Crippen LogP contribution is 2.33. The molecular formula is C16H21N5OS. The van der Waals surface area contributed by atoms with Gasteiger partial charge in [-0.05, 0) is 30.2 Å². The van der Waals surface area contributed by atoms with Gasteiger partial charge in [-0.25, -0.2) is 0 Å². The van der Waals surface area contributed by atoms with Crippen LogP contribution in [-0.4, -0.2) is 45.2 Å². The molecule has 0 aromatic carbocycles. The third kappa shape index (κ3) is 2.79. The van der Waals surface area contributed by atoms with Crippen molar-refractivity contribution in [2.75, 3.05) is 19.6 Å². The number of aromatic nitrogens is 3. The van der Waals surface area contributed by atoms with Crippen LogP contribution in [0.4, 0.5) is 0 Å². The molecule has 1 saturated heterocycles. The van der Waals surface area contributed by atoms with Crippen LogP contribution in [0.25, 0.3) is 0 Å². The monoisotopic (exact) mass is 331 g/mol. The van der Waals surface area contributed by atoms with E-state index in [2.05, 4.69) is 37.9 Å². The van der Waals surface area contributed by atoms with Gasteiger partial charge >= 0.3 is 0 Å². The van der Waals surface area contributed by atoms with Gasteiger partial charge in [-0.3, -0.25) is 9.69 Å². The lowest BCUT2D eigenvalue weighted by atomic mass is 9.89. The van der Waals surface area contributed by atoms with Crippen molar-refractivity contribution in [3.63, 3.8) is 0 Å². The van der Waals surface area contributed by atoms with E-state index in [1.165, 1.54) is 4.88 Å². The van der Waals surface area contributed by atoms with Crippen molar-refractivity contribution in [1.82, 2.24) is 25.0 Å². The first-order valence-electron chi connectivity index (χ1n) is 8.19. The van der Waals surface area contributed by atoms with E-state index in [1.54, 1.807) is 0 Å². The van der Waals surface area contributed by atoms with Crippen LogP contribution in [0.3, 0.4) is 0 Å². The van der Waals surface area contributed by atoms with Gasteiger partial charge in [0.1, 0.15) is 5.82 Å². The van der Waals surface area contributed by atoms with Crippen LogP contribution in [0.1, 0.15) is 28.2 Å². The van der Waals surface area contributed by atoms with Gasteiger partial charge in [0, 0.05) is 44.0 Å². The second-order valence-corrected chi connectivity index (χ2v) is 7.44. The molecule has 2 aromatic heterocycles. The topological polar surface area (TPSA) is 63.1 Å². The van der Waals surface area contributed by atoms with Gasteiger partial charge in [-0.15, -0.1) is 21.5 Å². The van der Waals surface area contributed by atoms with Crippen molar-refractivity contribution in [3.8, 4) is 0 Å². The van der Waals surface area contributed by atoms with Crippen LogP contribution in [0.15, 0.2) is 17.5 Å². The summed E-state index contributed by atoms with van der Waals surface area (Å²) in [6, 6.07) is 4.32. The van der Waals surface area contributed by atoms with Gasteiger partial charge < -0.3 is 9.88 Å². The lowest BCUT2D eigenvalue weighted by Gasteiger charge is -2.25. The molecule has 4 rings (SSSR count). The zero-order valence-electron chi connectivity index (χ0n) is 13.2. The van der Waals surface area contributed by atoms with E-state index < -0.39 is 0 Å². The van der Waals surface area contributed by atoms with Gasteiger partial charge in [0.2, 0.25) is 5.82 Å². The van der Waals surface area contributed by atoms with Crippen LogP contribution < -0.4 is 5.32 Å². The summed E-state index contributed by atoms with van der Waals surface area (Å²) >= 11 is 1.82. The summed E-state index contributed by atoms with van der Waals surface area (Å²) in [6.07, 6.45) is 0.929. The van der Waals surface area contributed by atoms with Crippen molar-refractivity contribution in [1.29, 1.82) is 0 Å². The molecule has 122 valence electrons. The average Bonchev–Trinajstić information content (AvgIpc) is 3.23. The highest BCUT2D eigenvalue weighted by molar-refractivity contribution is 7.09. The summed E-state index contributed by atoms with van der Waals surface area (Å²) < 4.78 is 2.03. The quantitative estimate of drug-likeness (QED) is 0.920. The summed E-state index contributed by atoms with van der Waals surface area (Å²) in [6.45, 7) is 6.64. The molecule has 0 radical (unpaired) electrons. The Kier molecular flexibility index (Phi) is 3.90. The Labute approximate surface area is 139 Å². The number of rotatable bonds is 4. The minimum absolute atomic E-state index is 0.113. The molecule has 2 atom stereocenters. The first kappa shape index (κ1) is 14.8. The van der Waals surface area contributed by atoms with E-state index >= 15 is 0 Å². The Morgan fingerprint density at radius 3 is 3.00 bits per heavy atom. The fraction of sp³-hybridized carbons (Fsp3) is 0.562. The van der Waals surface area contributed by atoms with Gasteiger partial charge in [-0.2, -0.15) is 0 Å². The molecule has 2 aromatic rings. The molecule has 7 heteroatoms. The third-order valence-corrected chi connectivity index (χ3v) is 5.70. The van der Waals surface area contributed by atoms with E-state index in [1.807, 2.05) is 22.8 Å². The number of nitrogens with one attached hydrogen (secondary N) is 1. The Bertz CT molecular complexity index is 695. The maximum atomic E-state index is 12.1. The minimum atomic E-state index is -0.113. The zero-order valence-corrected chi connectivity index (χ0v) is 14.1. The maximum absolute atomic E-state index is 12.1. The molecule has 2 aliphatic rings. The standard InChI is InChI=1S/C16H21N5OS/c1-2-17-16(22)15-19-18-14-6-11-7-20(8-12(11)9-21(14)15)10-13-4-3-5-23-13/h3-5,11-12H,2,6-10H2,1H3,(H,17,22)/t11-,12+/m1/s1. The molecule has 2 aliphatic heterocycles. The van der Waals surface area contributed by atoms with Gasteiger partial charge in [-0.1, -0.05) is 6.07 Å². The van der Waals surface area contributed by atoms with E-state index in [4.69, 9.17) is 0 Å². The molecule has 0 bridgehead atoms. The molecule has 1 amide bonds. The SMILES string of the molecule is CCNC(=O)c1nnc2n1C[C@@H]1CN(Cc3cccs3)C[C@H]1C2. The zero-order chi connectivity index (χ0) is 15.8. The Balaban J connectivity index is 1.47. The van der Waals surface area contributed by atoms with Crippen LogP contribution in [0, 0.1) is 11.8 Å². The summed E-state index contributed by atoms with van der Waals surface area (Å²) in [5.41, 5.74) is 0. The van der Waals surface area contributed by atoms with Crippen LogP contribution >= 0.6 is 11.3 Å². The van der Waals surface area contributed by atoms with Crippen LogP contribution in [0.2, 0.25) is 0 Å². The highest BCUT2D eigenvalue weighted by atomic mass is 32.1. The second kappa shape index (κ2) is 6.05. The maximum Gasteiger partial charge on any atom is 0.289 e. The normalized spacial score (nSPS) is 23.5. The van der Waals surface area contributed by atoms with E-state index in [-0.39, 0.29) is 5.91 Å². The summed E-state index contributed by atoms with van der Waals surface area (Å²) in [5.74, 6) is 2.54. The molecule has 0 unspecified atom stereocenters. The first-order chi connectivity index (χ1) is 11.2. The number of likely N-dealkylation sites (tertiary alicyclic amines) is 1. The second-order valence-electron chi connectivity index (χ2n) is 6.41. The third-order valence-electron chi connectivity index (χ3n) is 4.84. The molecule has 0 aliphatic carbocycles. The minimum Gasteiger partial charge on any atom is -0.350 e. The summed E-state index contributed by atoms with van der Waals surface area (Å²) in [4.78, 5) is 16.1. The number of hydrogen-bond acceptors (Lipinski definition) is 5. The lowest BCUT2D eigenvalue weighted by molar-refractivity contribution is 0.0937. The Morgan fingerprint density at radius 1 is 1.35 bits per heavy atom. The van der Waals surface area contributed by atoms with Crippen LogP contribution in [0.5, 0.6) is 0 Å². The predicted octanol–water partition coefficient (Wildman–Crippen LogP) is 1.39. The van der Waals surface area contributed by atoms with Crippen molar-refractivity contribution in [3.05, 3.63) is 34.0 Å². The summed E-state index contributed by atoms with van der Waals surface area (Å²) in [7, 11) is 0. The molecule has 6 nitrogen and oxygen atoms in total. The average molecular weight is 331 g/mol. The van der Waals surface area contributed by atoms with Crippen molar-refractivity contribution < 1.29 is 4.79 Å². The number of thiophene rings is 1. The number of amides is 1. The molecule has 1 N–H and O–H groups in total. The largest absolute Gasteiger partial charge is 0.350 e. The van der Waals surface area contributed by atoms with E-state index in [0.717, 1.165) is 38.4 Å². The predicted molar refractivity (Wildman–Crippen MR) is 88.3 cm³/mol. The number of hydrogen-bond donors (Lipinski definition) is 1. The van der Waals surface area contributed by atoms with E-state index in [9.17, 15) is 4.79 Å². The van der Waals surface area contributed by atoms with E-state index in [0.29, 0.717) is 24.2 Å². The molecule has 23 heavy (non-hydrogen) atoms. The first-order valence-corrected chi connectivity index (χ1v) is 9.07. The van der Waals surface area contributed by atoms with Gasteiger partial charge in [0.05, 0.1) is 0 Å². The van der Waals surface area contributed by atoms with Crippen molar-refractivity contribution >= 4 is 17.2 Å². The molecule has 1 fully saturated rings. The molecule has 4 heterocycles. The van der Waals surface area contributed by atoms with Gasteiger partial charge in [0.25, 0.3) is 5.91 Å². The summed E-state index contributed by atoms with van der Waals surface area (Å²) in [5, 5.41) is 13.3. The number of nitrogens with zero attached hydrogens (tertiary/aromatic N) is 4. The number of carbonyl (C=O) groups excluding carboxylic acids is 1. The highest BCUT2D eigenvalue weighted by Gasteiger charge is 2.39. The van der Waals surface area contributed by atoms with Gasteiger partial charge in [0.15, 0.2) is 0 Å². The number of carbonyl (C=O) groups is 1.